The van der Waals surface area contributed by atoms with E-state index in [1.54, 1.807) is 0 Å². The van der Waals surface area contributed by atoms with Gasteiger partial charge in [0.1, 0.15) is 0 Å². The van der Waals surface area contributed by atoms with Crippen LogP contribution in [0, 0.1) is 0 Å². The lowest BCUT2D eigenvalue weighted by atomic mass is 9.92. The topological polar surface area (TPSA) is 0 Å². The Morgan fingerprint density at radius 1 is 1.20 bits per heavy atom. The van der Waals surface area contributed by atoms with E-state index in [0.29, 0.717) is 6.42 Å². The molecule has 1 aliphatic carbocycles. The number of hydrogen-bond donors (Lipinski definition) is 0. The molecule has 0 bridgehead atoms. The monoisotopic (exact) mass is 238 g/mol. The second-order valence-electron chi connectivity index (χ2n) is 3.85. The molecule has 1 atom stereocenters. The van der Waals surface area contributed by atoms with Crippen LogP contribution in [0.3, 0.4) is 0 Å². The third-order valence-electron chi connectivity index (χ3n) is 2.48. The second-order valence-corrected chi connectivity index (χ2v) is 5.08. The lowest BCUT2D eigenvalue weighted by Gasteiger charge is -2.25. The van der Waals surface area contributed by atoms with Gasteiger partial charge in [0.25, 0.3) is 0 Å². The average molecular weight is 239 g/mol. The molecule has 0 heterocycles. The molecule has 0 radical (unpaired) electrons. The summed E-state index contributed by atoms with van der Waals surface area (Å²) in [6, 6.07) is 10.2. The minimum Gasteiger partial charge on any atom is -0.114 e. The Morgan fingerprint density at radius 3 is 2.60 bits per heavy atom. The summed E-state index contributed by atoms with van der Waals surface area (Å²) >= 11 is 12.5. The van der Waals surface area contributed by atoms with Crippen molar-refractivity contribution in [3.05, 3.63) is 59.2 Å². The molecule has 2 rings (SSSR count). The molecule has 2 heteroatoms. The van der Waals surface area contributed by atoms with Gasteiger partial charge in [-0.15, -0.1) is 11.6 Å². The largest absolute Gasteiger partial charge is 0.114 e. The highest BCUT2D eigenvalue weighted by Gasteiger charge is 2.27. The first-order valence-electron chi connectivity index (χ1n) is 4.95. The van der Waals surface area contributed by atoms with E-state index in [4.69, 9.17) is 23.2 Å². The molecule has 15 heavy (non-hydrogen) atoms. The van der Waals surface area contributed by atoms with Crippen LogP contribution in [-0.2, 0) is 6.42 Å². The summed E-state index contributed by atoms with van der Waals surface area (Å²) < 4.78 is 0. The van der Waals surface area contributed by atoms with Gasteiger partial charge in [0.05, 0.1) is 4.87 Å². The van der Waals surface area contributed by atoms with E-state index in [-0.39, 0.29) is 4.87 Å². The molecule has 0 saturated carbocycles. The van der Waals surface area contributed by atoms with E-state index >= 15 is 0 Å². The van der Waals surface area contributed by atoms with Crippen molar-refractivity contribution in [3.63, 3.8) is 0 Å². The lowest BCUT2D eigenvalue weighted by Crippen LogP contribution is -2.23. The maximum absolute atomic E-state index is 6.49. The Labute approximate surface area is 100 Å². The van der Waals surface area contributed by atoms with Gasteiger partial charge in [0, 0.05) is 11.5 Å². The van der Waals surface area contributed by atoms with Crippen molar-refractivity contribution in [2.45, 2.75) is 17.7 Å². The van der Waals surface area contributed by atoms with Gasteiger partial charge >= 0.3 is 0 Å². The zero-order valence-corrected chi connectivity index (χ0v) is 9.80. The highest BCUT2D eigenvalue weighted by atomic mass is 35.5. The van der Waals surface area contributed by atoms with Crippen LogP contribution in [0.2, 0.25) is 0 Å². The zero-order valence-electron chi connectivity index (χ0n) is 8.29. The number of rotatable bonds is 2. The lowest BCUT2D eigenvalue weighted by molar-refractivity contribution is 0.690. The predicted octanol–water partition coefficient (Wildman–Crippen LogP) is 4.29. The third kappa shape index (κ3) is 2.87. The highest BCUT2D eigenvalue weighted by molar-refractivity contribution is 6.32. The normalized spacial score (nSPS) is 25.1. The summed E-state index contributed by atoms with van der Waals surface area (Å²) in [5.74, 6) is 0. The summed E-state index contributed by atoms with van der Waals surface area (Å²) in [6.07, 6.45) is 7.37. The van der Waals surface area contributed by atoms with Crippen molar-refractivity contribution in [3.8, 4) is 0 Å². The summed E-state index contributed by atoms with van der Waals surface area (Å²) in [5, 5.41) is 0.823. The highest BCUT2D eigenvalue weighted by Crippen LogP contribution is 2.34. The summed E-state index contributed by atoms with van der Waals surface area (Å²) in [7, 11) is 0. The molecule has 0 amide bonds. The van der Waals surface area contributed by atoms with E-state index in [2.05, 4.69) is 12.1 Å². The van der Waals surface area contributed by atoms with Crippen LogP contribution >= 0.6 is 23.2 Å². The molecular formula is C13H12Cl2. The predicted molar refractivity (Wildman–Crippen MR) is 66.4 cm³/mol. The minimum absolute atomic E-state index is 0.354. The Morgan fingerprint density at radius 2 is 1.93 bits per heavy atom. The van der Waals surface area contributed by atoms with Crippen LogP contribution < -0.4 is 0 Å². The third-order valence-corrected chi connectivity index (χ3v) is 3.13. The van der Waals surface area contributed by atoms with E-state index in [1.807, 2.05) is 36.4 Å². The quantitative estimate of drug-likeness (QED) is 0.675. The van der Waals surface area contributed by atoms with Crippen molar-refractivity contribution < 1.29 is 0 Å². The van der Waals surface area contributed by atoms with Gasteiger partial charge in [0.2, 0.25) is 0 Å². The van der Waals surface area contributed by atoms with Gasteiger partial charge in [-0.3, -0.25) is 0 Å². The Kier molecular flexibility index (Phi) is 3.18. The van der Waals surface area contributed by atoms with Crippen LogP contribution in [0.15, 0.2) is 53.6 Å². The molecule has 0 fully saturated rings. The van der Waals surface area contributed by atoms with E-state index in [1.165, 1.54) is 5.56 Å². The van der Waals surface area contributed by atoms with Crippen molar-refractivity contribution in [1.29, 1.82) is 0 Å². The SMILES string of the molecule is ClC1=CC=CC(Cl)(Cc2ccccc2)C1. The maximum atomic E-state index is 6.49. The number of halogens is 2. The molecule has 0 aromatic heterocycles. The molecular weight excluding hydrogens is 227 g/mol. The van der Waals surface area contributed by atoms with E-state index in [0.717, 1.165) is 11.5 Å². The van der Waals surface area contributed by atoms with Crippen molar-refractivity contribution in [2.24, 2.45) is 0 Å². The van der Waals surface area contributed by atoms with Gasteiger partial charge in [-0.1, -0.05) is 54.1 Å². The molecule has 1 unspecified atom stereocenters. The number of benzene rings is 1. The van der Waals surface area contributed by atoms with Crippen molar-refractivity contribution in [2.75, 3.05) is 0 Å². The fourth-order valence-electron chi connectivity index (χ4n) is 1.78. The van der Waals surface area contributed by atoms with Gasteiger partial charge in [-0.2, -0.15) is 0 Å². The van der Waals surface area contributed by atoms with Gasteiger partial charge in [0.15, 0.2) is 0 Å². The molecule has 1 aromatic rings. The molecule has 0 saturated heterocycles. The van der Waals surface area contributed by atoms with Crippen LogP contribution in [0.25, 0.3) is 0 Å². The van der Waals surface area contributed by atoms with Gasteiger partial charge in [-0.05, 0) is 18.1 Å². The fourth-order valence-corrected chi connectivity index (χ4v) is 2.53. The number of allylic oxidation sites excluding steroid dienone is 4. The molecule has 1 aliphatic rings. The molecule has 0 N–H and O–H groups in total. The molecule has 0 spiro atoms. The fraction of sp³-hybridized carbons (Fsp3) is 0.231. The summed E-state index contributed by atoms with van der Waals surface area (Å²) in [5.41, 5.74) is 1.24. The molecule has 78 valence electrons. The summed E-state index contributed by atoms with van der Waals surface area (Å²) in [6.45, 7) is 0. The standard InChI is InChI=1S/C13H12Cl2/c14-12-7-4-8-13(15,10-12)9-11-5-2-1-3-6-11/h1-8H,9-10H2. The number of alkyl halides is 1. The Hall–Kier alpha value is -0.720. The van der Waals surface area contributed by atoms with Crippen LogP contribution in [0.4, 0.5) is 0 Å². The van der Waals surface area contributed by atoms with E-state index < -0.39 is 0 Å². The minimum atomic E-state index is -0.354. The van der Waals surface area contributed by atoms with Crippen molar-refractivity contribution >= 4 is 23.2 Å². The van der Waals surface area contributed by atoms with Crippen LogP contribution in [0.5, 0.6) is 0 Å². The maximum Gasteiger partial charge on any atom is 0.0718 e. The second kappa shape index (κ2) is 4.42. The van der Waals surface area contributed by atoms with E-state index in [9.17, 15) is 0 Å². The van der Waals surface area contributed by atoms with Gasteiger partial charge in [-0.25, -0.2) is 0 Å². The van der Waals surface area contributed by atoms with Crippen LogP contribution in [-0.4, -0.2) is 4.87 Å². The first kappa shape index (κ1) is 10.8. The Bertz CT molecular complexity index is 392. The van der Waals surface area contributed by atoms with Crippen molar-refractivity contribution in [1.82, 2.24) is 0 Å². The van der Waals surface area contributed by atoms with Gasteiger partial charge < -0.3 is 0 Å². The average Bonchev–Trinajstić information content (AvgIpc) is 2.18. The Balaban J connectivity index is 2.13. The zero-order chi connectivity index (χ0) is 10.7. The molecule has 0 nitrogen and oxygen atoms in total. The number of hydrogen-bond acceptors (Lipinski definition) is 0. The first-order valence-corrected chi connectivity index (χ1v) is 5.70. The summed E-state index contributed by atoms with van der Waals surface area (Å²) in [4.78, 5) is -0.354. The molecule has 1 aromatic carbocycles. The molecule has 0 aliphatic heterocycles. The van der Waals surface area contributed by atoms with Crippen LogP contribution in [0.1, 0.15) is 12.0 Å². The smallest absolute Gasteiger partial charge is 0.0718 e. The first-order chi connectivity index (χ1) is 7.18.